The van der Waals surface area contributed by atoms with E-state index in [4.69, 9.17) is 14.2 Å². The molecule has 18 heavy (non-hydrogen) atoms. The number of ether oxygens (including phenoxy) is 3. The second-order valence-electron chi connectivity index (χ2n) is 3.58. The summed E-state index contributed by atoms with van der Waals surface area (Å²) in [5, 5.41) is 0. The first-order valence-corrected chi connectivity index (χ1v) is 5.92. The minimum atomic E-state index is -1.34. The average Bonchev–Trinajstić information content (AvgIpc) is 2.16. The summed E-state index contributed by atoms with van der Waals surface area (Å²) >= 11 is 0. The molecule has 0 N–H and O–H groups in total. The molecule has 0 heterocycles. The van der Waals surface area contributed by atoms with Gasteiger partial charge < -0.3 is 14.2 Å². The quantitative estimate of drug-likeness (QED) is 0.348. The summed E-state index contributed by atoms with van der Waals surface area (Å²) in [5.74, 6) is -1.76. The largest absolute Gasteiger partial charge is 0.327 e. The Hall–Kier alpha value is -0.0657. The maximum atomic E-state index is 11.6. The fourth-order valence-corrected chi connectivity index (χ4v) is 1.52. The Kier molecular flexibility index (Phi) is 12.2. The van der Waals surface area contributed by atoms with Crippen molar-refractivity contribution in [2.24, 2.45) is 0 Å². The van der Waals surface area contributed by atoms with Crippen LogP contribution >= 0.6 is 0 Å². The van der Waals surface area contributed by atoms with Gasteiger partial charge in [-0.25, -0.2) is 0 Å². The zero-order valence-corrected chi connectivity index (χ0v) is 13.1. The van der Waals surface area contributed by atoms with E-state index in [2.05, 4.69) is 0 Å². The smallest absolute Gasteiger partial charge is 0.290 e. The Balaban J connectivity index is 0. The molecule has 0 unspecified atom stereocenters. The van der Waals surface area contributed by atoms with Crippen LogP contribution in [-0.4, -0.2) is 37.4 Å². The van der Waals surface area contributed by atoms with Crippen molar-refractivity contribution in [1.82, 2.24) is 0 Å². The SMILES string of the molecule is CCOC(CC(=O)CC(C)=O)(OCC)OCC.[Ti]. The van der Waals surface area contributed by atoms with Crippen LogP contribution in [0, 0.1) is 0 Å². The van der Waals surface area contributed by atoms with Gasteiger partial charge in [-0.05, 0) is 27.7 Å². The Morgan fingerprint density at radius 1 is 0.944 bits per heavy atom. The van der Waals surface area contributed by atoms with Crippen LogP contribution in [0.25, 0.3) is 0 Å². The van der Waals surface area contributed by atoms with Gasteiger partial charge in [-0.15, -0.1) is 0 Å². The number of rotatable bonds is 10. The average molecular weight is 294 g/mol. The van der Waals surface area contributed by atoms with E-state index in [1.807, 2.05) is 0 Å². The second kappa shape index (κ2) is 10.8. The summed E-state index contributed by atoms with van der Waals surface area (Å²) in [5.41, 5.74) is 0. The molecule has 0 radical (unpaired) electrons. The first-order chi connectivity index (χ1) is 7.99. The minimum absolute atomic E-state index is 0. The van der Waals surface area contributed by atoms with Gasteiger partial charge in [0.15, 0.2) is 0 Å². The number of ketones is 2. The monoisotopic (exact) mass is 294 g/mol. The van der Waals surface area contributed by atoms with Crippen molar-refractivity contribution in [3.05, 3.63) is 0 Å². The van der Waals surface area contributed by atoms with E-state index in [9.17, 15) is 9.59 Å². The number of Topliss-reactive ketones (excluding diaryl/α,β-unsaturated/α-hetero) is 2. The van der Waals surface area contributed by atoms with Gasteiger partial charge >= 0.3 is 0 Å². The molecule has 0 aliphatic carbocycles. The predicted octanol–water partition coefficient (Wildman–Crippen LogP) is 1.69. The molecule has 0 saturated heterocycles. The molecule has 0 aromatic heterocycles. The van der Waals surface area contributed by atoms with Crippen molar-refractivity contribution in [2.45, 2.75) is 46.5 Å². The molecule has 0 aliphatic rings. The third-order valence-electron chi connectivity index (χ3n) is 1.95. The molecule has 0 atom stereocenters. The third-order valence-corrected chi connectivity index (χ3v) is 1.95. The molecule has 0 spiro atoms. The predicted molar refractivity (Wildman–Crippen MR) is 62.5 cm³/mol. The summed E-state index contributed by atoms with van der Waals surface area (Å²) in [6, 6.07) is 0. The second-order valence-corrected chi connectivity index (χ2v) is 3.58. The molecule has 0 aliphatic heterocycles. The molecule has 0 fully saturated rings. The Morgan fingerprint density at radius 3 is 1.61 bits per heavy atom. The third kappa shape index (κ3) is 8.11. The fourth-order valence-electron chi connectivity index (χ4n) is 1.52. The number of carbonyl (C=O) groups is 2. The van der Waals surface area contributed by atoms with Gasteiger partial charge in [0.1, 0.15) is 11.6 Å². The number of hydrogen-bond acceptors (Lipinski definition) is 5. The molecule has 0 aromatic carbocycles. The van der Waals surface area contributed by atoms with Crippen molar-refractivity contribution in [3.63, 3.8) is 0 Å². The van der Waals surface area contributed by atoms with Crippen LogP contribution in [0.1, 0.15) is 40.5 Å². The van der Waals surface area contributed by atoms with Crippen LogP contribution in [-0.2, 0) is 45.5 Å². The van der Waals surface area contributed by atoms with Gasteiger partial charge in [0.05, 0.1) is 12.8 Å². The number of carbonyl (C=O) groups excluding carboxylic acids is 2. The summed E-state index contributed by atoms with van der Waals surface area (Å²) in [7, 11) is 0. The standard InChI is InChI=1S/C12H22O5.Ti/c1-5-15-12(16-6-2,17-7-3)9-11(14)8-10(4)13;/h5-9H2,1-4H3;. The van der Waals surface area contributed by atoms with Crippen molar-refractivity contribution in [3.8, 4) is 0 Å². The zero-order chi connectivity index (χ0) is 13.3. The van der Waals surface area contributed by atoms with Crippen molar-refractivity contribution < 1.29 is 45.5 Å². The van der Waals surface area contributed by atoms with Gasteiger partial charge in [0, 0.05) is 41.5 Å². The normalized spacial score (nSPS) is 10.9. The first-order valence-electron chi connectivity index (χ1n) is 5.92. The van der Waals surface area contributed by atoms with Gasteiger partial charge in [0.25, 0.3) is 5.97 Å². The number of hydrogen-bond donors (Lipinski definition) is 0. The summed E-state index contributed by atoms with van der Waals surface area (Å²) in [4.78, 5) is 22.5. The zero-order valence-electron chi connectivity index (χ0n) is 11.6. The van der Waals surface area contributed by atoms with E-state index in [1.165, 1.54) is 6.92 Å². The molecule has 6 heteroatoms. The van der Waals surface area contributed by atoms with Gasteiger partial charge in [-0.3, -0.25) is 9.59 Å². The van der Waals surface area contributed by atoms with E-state index in [0.717, 1.165) is 0 Å². The summed E-state index contributed by atoms with van der Waals surface area (Å²) in [6.45, 7) is 7.86. The van der Waals surface area contributed by atoms with E-state index < -0.39 is 5.97 Å². The van der Waals surface area contributed by atoms with Gasteiger partial charge in [-0.2, -0.15) is 0 Å². The maximum absolute atomic E-state index is 11.6. The van der Waals surface area contributed by atoms with Crippen LogP contribution in [0.15, 0.2) is 0 Å². The summed E-state index contributed by atoms with van der Waals surface area (Å²) in [6.07, 6.45) is -0.183. The maximum Gasteiger partial charge on any atom is 0.290 e. The van der Waals surface area contributed by atoms with Crippen LogP contribution in [0.2, 0.25) is 0 Å². The van der Waals surface area contributed by atoms with E-state index in [1.54, 1.807) is 20.8 Å². The van der Waals surface area contributed by atoms with Crippen molar-refractivity contribution in [2.75, 3.05) is 19.8 Å². The molecular weight excluding hydrogens is 272 g/mol. The van der Waals surface area contributed by atoms with Crippen LogP contribution in [0.3, 0.4) is 0 Å². The van der Waals surface area contributed by atoms with Crippen molar-refractivity contribution in [1.29, 1.82) is 0 Å². The van der Waals surface area contributed by atoms with Gasteiger partial charge in [-0.1, -0.05) is 0 Å². The van der Waals surface area contributed by atoms with Crippen LogP contribution in [0.5, 0.6) is 0 Å². The fraction of sp³-hybridized carbons (Fsp3) is 0.833. The van der Waals surface area contributed by atoms with E-state index in [0.29, 0.717) is 19.8 Å². The molecule has 0 amide bonds. The van der Waals surface area contributed by atoms with E-state index >= 15 is 0 Å². The topological polar surface area (TPSA) is 61.8 Å². The molecule has 0 rings (SSSR count). The molecule has 0 aromatic rings. The molecule has 0 bridgehead atoms. The van der Waals surface area contributed by atoms with Crippen LogP contribution in [0.4, 0.5) is 0 Å². The Labute approximate surface area is 123 Å². The van der Waals surface area contributed by atoms with Crippen molar-refractivity contribution >= 4 is 11.6 Å². The Bertz CT molecular complexity index is 238. The first kappa shape index (κ1) is 20.3. The minimum Gasteiger partial charge on any atom is -0.327 e. The summed E-state index contributed by atoms with van der Waals surface area (Å²) < 4.78 is 16.2. The molecule has 5 nitrogen and oxygen atoms in total. The molecular formula is C12H22O5Ti. The molecule has 0 saturated carbocycles. The Morgan fingerprint density at radius 2 is 1.33 bits per heavy atom. The van der Waals surface area contributed by atoms with E-state index in [-0.39, 0.29) is 46.1 Å². The molecule has 104 valence electrons. The van der Waals surface area contributed by atoms with Crippen LogP contribution < -0.4 is 0 Å². The van der Waals surface area contributed by atoms with Gasteiger partial charge in [0.2, 0.25) is 0 Å².